The molecule has 1 aliphatic heterocycles. The van der Waals surface area contributed by atoms with Gasteiger partial charge in [0.05, 0.1) is 24.2 Å². The van der Waals surface area contributed by atoms with Gasteiger partial charge in [0.1, 0.15) is 5.15 Å². The van der Waals surface area contributed by atoms with Crippen molar-refractivity contribution in [2.24, 2.45) is 0 Å². The summed E-state index contributed by atoms with van der Waals surface area (Å²) in [5.41, 5.74) is -0.101. The molecule has 5 nitrogen and oxygen atoms in total. The molecule has 0 N–H and O–H groups in total. The van der Waals surface area contributed by atoms with Crippen LogP contribution in [0.1, 0.15) is 52.4 Å². The van der Waals surface area contributed by atoms with Gasteiger partial charge in [0, 0.05) is 12.0 Å². The Hall–Kier alpha value is -1.11. The fraction of sp³-hybridized carbons (Fsp3) is 0.625. The first-order valence-corrected chi connectivity index (χ1v) is 8.17. The maximum atomic E-state index is 12.0. The lowest BCUT2D eigenvalue weighted by Crippen LogP contribution is -2.41. The standard InChI is InChI=1S/C16H23BClNO4/c1-6-21-14(20)9-12(11-7-8-13(18)19-10-11)17-22-15(2,3)16(4,5)23-17/h7-8,10,12H,6,9H2,1-5H3. The van der Waals surface area contributed by atoms with E-state index >= 15 is 0 Å². The van der Waals surface area contributed by atoms with Gasteiger partial charge in [-0.2, -0.15) is 0 Å². The van der Waals surface area contributed by atoms with Crippen LogP contribution >= 0.6 is 11.6 Å². The van der Waals surface area contributed by atoms with E-state index in [1.807, 2.05) is 33.8 Å². The van der Waals surface area contributed by atoms with Gasteiger partial charge in [-0.25, -0.2) is 4.98 Å². The van der Waals surface area contributed by atoms with Gasteiger partial charge in [0.15, 0.2) is 0 Å². The normalized spacial score (nSPS) is 20.3. The quantitative estimate of drug-likeness (QED) is 0.467. The van der Waals surface area contributed by atoms with Crippen LogP contribution in [0.2, 0.25) is 5.15 Å². The highest BCUT2D eigenvalue weighted by Gasteiger charge is 2.54. The number of carbonyl (C=O) groups excluding carboxylic acids is 1. The fourth-order valence-corrected chi connectivity index (χ4v) is 2.54. The summed E-state index contributed by atoms with van der Waals surface area (Å²) in [6.45, 7) is 10.0. The fourth-order valence-electron chi connectivity index (χ4n) is 2.43. The van der Waals surface area contributed by atoms with Gasteiger partial charge in [-0.05, 0) is 46.2 Å². The SMILES string of the molecule is CCOC(=O)CC(B1OC(C)(C)C(C)(C)O1)c1ccc(Cl)nc1. The predicted molar refractivity (Wildman–Crippen MR) is 89.3 cm³/mol. The molecular weight excluding hydrogens is 316 g/mol. The van der Waals surface area contributed by atoms with Crippen LogP contribution in [0.25, 0.3) is 0 Å². The van der Waals surface area contributed by atoms with Crippen LogP contribution in [-0.2, 0) is 18.8 Å². The lowest BCUT2D eigenvalue weighted by molar-refractivity contribution is -0.143. The van der Waals surface area contributed by atoms with E-state index in [1.165, 1.54) is 0 Å². The van der Waals surface area contributed by atoms with Gasteiger partial charge < -0.3 is 14.0 Å². The molecule has 2 rings (SSSR count). The zero-order valence-electron chi connectivity index (χ0n) is 14.3. The molecule has 0 amide bonds. The number of nitrogens with zero attached hydrogens (tertiary/aromatic N) is 1. The monoisotopic (exact) mass is 339 g/mol. The van der Waals surface area contributed by atoms with Crippen molar-refractivity contribution >= 4 is 24.7 Å². The van der Waals surface area contributed by atoms with Crippen LogP contribution in [-0.4, -0.2) is 35.9 Å². The Morgan fingerprint density at radius 2 is 1.91 bits per heavy atom. The zero-order chi connectivity index (χ0) is 17.3. The van der Waals surface area contributed by atoms with Crippen LogP contribution in [0, 0.1) is 0 Å². The van der Waals surface area contributed by atoms with Crippen molar-refractivity contribution in [1.29, 1.82) is 0 Å². The van der Waals surface area contributed by atoms with Gasteiger partial charge in [-0.15, -0.1) is 0 Å². The highest BCUT2D eigenvalue weighted by molar-refractivity contribution is 6.48. The molecule has 1 aliphatic rings. The third-order valence-electron chi connectivity index (χ3n) is 4.47. The number of halogens is 1. The Bertz CT molecular complexity index is 546. The molecule has 2 heterocycles. The molecule has 1 unspecified atom stereocenters. The Kier molecular flexibility index (Phi) is 5.39. The summed E-state index contributed by atoms with van der Waals surface area (Å²) in [6, 6.07) is 3.53. The average Bonchev–Trinajstić information content (AvgIpc) is 2.66. The van der Waals surface area contributed by atoms with Crippen LogP contribution in [0.3, 0.4) is 0 Å². The van der Waals surface area contributed by atoms with E-state index in [-0.39, 0.29) is 18.2 Å². The molecule has 1 aromatic heterocycles. The molecule has 23 heavy (non-hydrogen) atoms. The minimum Gasteiger partial charge on any atom is -0.466 e. The molecule has 126 valence electrons. The van der Waals surface area contributed by atoms with E-state index < -0.39 is 18.3 Å². The lowest BCUT2D eigenvalue weighted by Gasteiger charge is -2.32. The molecule has 1 saturated heterocycles. The molecule has 0 radical (unpaired) electrons. The largest absolute Gasteiger partial charge is 0.466 e. The van der Waals surface area contributed by atoms with Gasteiger partial charge >= 0.3 is 13.1 Å². The maximum Gasteiger partial charge on any atom is 0.466 e. The van der Waals surface area contributed by atoms with Crippen molar-refractivity contribution in [3.63, 3.8) is 0 Å². The van der Waals surface area contributed by atoms with E-state index in [2.05, 4.69) is 4.98 Å². The third kappa shape index (κ3) is 4.05. The summed E-state index contributed by atoms with van der Waals surface area (Å²) in [6.07, 6.45) is 1.81. The lowest BCUT2D eigenvalue weighted by atomic mass is 9.66. The van der Waals surface area contributed by atoms with E-state index in [1.54, 1.807) is 19.2 Å². The Labute approximate surface area is 142 Å². The van der Waals surface area contributed by atoms with E-state index in [9.17, 15) is 4.79 Å². The molecule has 0 spiro atoms. The van der Waals surface area contributed by atoms with Crippen molar-refractivity contribution in [3.05, 3.63) is 29.0 Å². The van der Waals surface area contributed by atoms with Crippen molar-refractivity contribution < 1.29 is 18.8 Å². The van der Waals surface area contributed by atoms with Crippen molar-refractivity contribution in [2.45, 2.75) is 58.1 Å². The van der Waals surface area contributed by atoms with E-state index in [0.29, 0.717) is 11.8 Å². The smallest absolute Gasteiger partial charge is 0.466 e. The van der Waals surface area contributed by atoms with Crippen molar-refractivity contribution in [3.8, 4) is 0 Å². The van der Waals surface area contributed by atoms with Crippen LogP contribution in [0.15, 0.2) is 18.3 Å². The van der Waals surface area contributed by atoms with Crippen LogP contribution in [0.4, 0.5) is 0 Å². The third-order valence-corrected chi connectivity index (χ3v) is 4.69. The number of esters is 1. The maximum absolute atomic E-state index is 12.0. The van der Waals surface area contributed by atoms with Crippen LogP contribution in [0.5, 0.6) is 0 Å². The Balaban J connectivity index is 2.27. The summed E-state index contributed by atoms with van der Waals surface area (Å²) in [5, 5.41) is 0.401. The molecule has 0 bridgehead atoms. The Morgan fingerprint density at radius 1 is 1.30 bits per heavy atom. The van der Waals surface area contributed by atoms with Gasteiger partial charge in [0.2, 0.25) is 0 Å². The molecule has 7 heteroatoms. The average molecular weight is 340 g/mol. The first-order chi connectivity index (χ1) is 10.7. The van der Waals surface area contributed by atoms with Gasteiger partial charge in [-0.1, -0.05) is 17.7 Å². The van der Waals surface area contributed by atoms with Crippen molar-refractivity contribution in [2.75, 3.05) is 6.61 Å². The topological polar surface area (TPSA) is 57.7 Å². The summed E-state index contributed by atoms with van der Waals surface area (Å²) < 4.78 is 17.3. The van der Waals surface area contributed by atoms with Gasteiger partial charge in [-0.3, -0.25) is 4.79 Å². The second-order valence-electron chi connectivity index (χ2n) is 6.65. The predicted octanol–water partition coefficient (Wildman–Crippen LogP) is 3.40. The first kappa shape index (κ1) is 18.2. The van der Waals surface area contributed by atoms with Crippen molar-refractivity contribution in [1.82, 2.24) is 4.98 Å². The number of ether oxygens (including phenoxy) is 1. The molecular formula is C16H23BClNO4. The van der Waals surface area contributed by atoms with Gasteiger partial charge in [0.25, 0.3) is 0 Å². The molecule has 0 aromatic carbocycles. The number of rotatable bonds is 5. The summed E-state index contributed by atoms with van der Waals surface area (Å²) >= 11 is 5.86. The minimum absolute atomic E-state index is 0.161. The number of aromatic nitrogens is 1. The molecule has 1 fully saturated rings. The zero-order valence-corrected chi connectivity index (χ0v) is 15.0. The van der Waals surface area contributed by atoms with E-state index in [4.69, 9.17) is 25.6 Å². The highest BCUT2D eigenvalue weighted by Crippen LogP contribution is 2.41. The number of pyridine rings is 1. The highest BCUT2D eigenvalue weighted by atomic mass is 35.5. The summed E-state index contributed by atoms with van der Waals surface area (Å²) in [5.74, 6) is -0.595. The summed E-state index contributed by atoms with van der Waals surface area (Å²) in [4.78, 5) is 16.1. The minimum atomic E-state index is -0.549. The molecule has 0 aliphatic carbocycles. The first-order valence-electron chi connectivity index (χ1n) is 7.79. The summed E-state index contributed by atoms with van der Waals surface area (Å²) in [7, 11) is -0.549. The Morgan fingerprint density at radius 3 is 2.39 bits per heavy atom. The van der Waals surface area contributed by atoms with Crippen LogP contribution < -0.4 is 0 Å². The van der Waals surface area contributed by atoms with E-state index in [0.717, 1.165) is 5.56 Å². The number of carbonyl (C=O) groups is 1. The number of hydrogen-bond acceptors (Lipinski definition) is 5. The number of hydrogen-bond donors (Lipinski definition) is 0. The second-order valence-corrected chi connectivity index (χ2v) is 7.04. The molecule has 1 atom stereocenters. The molecule has 0 saturated carbocycles. The second kappa shape index (κ2) is 6.79. The molecule has 1 aromatic rings.